The lowest BCUT2D eigenvalue weighted by Gasteiger charge is -2.15. The van der Waals surface area contributed by atoms with Crippen LogP contribution in [0.15, 0.2) is 24.4 Å². The lowest BCUT2D eigenvalue weighted by atomic mass is 10.1. The molecule has 1 atom stereocenters. The van der Waals surface area contributed by atoms with Gasteiger partial charge in [0.25, 0.3) is 0 Å². The molecule has 20 heavy (non-hydrogen) atoms. The van der Waals surface area contributed by atoms with Crippen molar-refractivity contribution in [2.45, 2.75) is 33.2 Å². The summed E-state index contributed by atoms with van der Waals surface area (Å²) in [7, 11) is 0. The zero-order chi connectivity index (χ0) is 14.7. The first kappa shape index (κ1) is 14.5. The maximum absolute atomic E-state index is 11.2. The molecule has 0 saturated heterocycles. The van der Waals surface area contributed by atoms with Crippen LogP contribution in [-0.2, 0) is 6.42 Å². The van der Waals surface area contributed by atoms with Gasteiger partial charge in [-0.15, -0.1) is 11.3 Å². The third kappa shape index (κ3) is 3.17. The molecule has 0 aliphatic rings. The van der Waals surface area contributed by atoms with Crippen molar-refractivity contribution >= 4 is 23.0 Å². The first-order valence-corrected chi connectivity index (χ1v) is 7.38. The monoisotopic (exact) mass is 290 g/mol. The number of thiazole rings is 1. The van der Waals surface area contributed by atoms with E-state index in [0.717, 1.165) is 17.0 Å². The maximum atomic E-state index is 11.2. The van der Waals surface area contributed by atoms with Gasteiger partial charge in [-0.2, -0.15) is 0 Å². The predicted octanol–water partition coefficient (Wildman–Crippen LogP) is 3.89. The number of anilines is 1. The number of aromatic nitrogens is 1. The van der Waals surface area contributed by atoms with Crippen LogP contribution in [-0.4, -0.2) is 16.1 Å². The standard InChI is InChI=1S/C15H18N2O2S/c1-4-11-8-16-14(20-11)10(3)17-13-7-9(2)5-6-12(13)15(18)19/h5-8,10,17H,4H2,1-3H3,(H,18,19). The van der Waals surface area contributed by atoms with Gasteiger partial charge in [0.15, 0.2) is 0 Å². The smallest absolute Gasteiger partial charge is 0.337 e. The largest absolute Gasteiger partial charge is 0.478 e. The number of nitrogens with zero attached hydrogens (tertiary/aromatic N) is 1. The molecule has 5 heteroatoms. The van der Waals surface area contributed by atoms with E-state index in [4.69, 9.17) is 0 Å². The molecule has 1 heterocycles. The van der Waals surface area contributed by atoms with Gasteiger partial charge in [0, 0.05) is 16.8 Å². The Labute approximate surface area is 122 Å². The number of rotatable bonds is 5. The number of aryl methyl sites for hydroxylation is 2. The van der Waals surface area contributed by atoms with Gasteiger partial charge >= 0.3 is 5.97 Å². The van der Waals surface area contributed by atoms with Crippen LogP contribution in [0.5, 0.6) is 0 Å². The number of nitrogens with one attached hydrogen (secondary N) is 1. The zero-order valence-corrected chi connectivity index (χ0v) is 12.6. The molecular formula is C15H18N2O2S. The Balaban J connectivity index is 2.24. The Bertz CT molecular complexity index is 622. The minimum absolute atomic E-state index is 0.0137. The van der Waals surface area contributed by atoms with Crippen LogP contribution in [0, 0.1) is 6.92 Å². The van der Waals surface area contributed by atoms with Crippen molar-refractivity contribution in [3.63, 3.8) is 0 Å². The second kappa shape index (κ2) is 6.05. The molecule has 1 unspecified atom stereocenters. The van der Waals surface area contributed by atoms with Crippen LogP contribution in [0.25, 0.3) is 0 Å². The number of benzene rings is 1. The molecule has 1 aromatic heterocycles. The molecule has 0 aliphatic carbocycles. The topological polar surface area (TPSA) is 62.2 Å². The first-order valence-electron chi connectivity index (χ1n) is 6.56. The summed E-state index contributed by atoms with van der Waals surface area (Å²) >= 11 is 1.66. The van der Waals surface area contributed by atoms with Gasteiger partial charge in [-0.1, -0.05) is 13.0 Å². The number of aromatic carboxylic acids is 1. The van der Waals surface area contributed by atoms with E-state index in [-0.39, 0.29) is 11.6 Å². The van der Waals surface area contributed by atoms with E-state index in [0.29, 0.717) is 5.69 Å². The van der Waals surface area contributed by atoms with E-state index in [1.807, 2.05) is 26.1 Å². The van der Waals surface area contributed by atoms with E-state index in [2.05, 4.69) is 17.2 Å². The normalized spacial score (nSPS) is 12.2. The van der Waals surface area contributed by atoms with Crippen molar-refractivity contribution in [2.75, 3.05) is 5.32 Å². The molecule has 0 amide bonds. The molecule has 0 radical (unpaired) electrons. The molecular weight excluding hydrogens is 272 g/mol. The fourth-order valence-corrected chi connectivity index (χ4v) is 2.80. The minimum atomic E-state index is -0.923. The summed E-state index contributed by atoms with van der Waals surface area (Å²) in [6.07, 6.45) is 2.85. The van der Waals surface area contributed by atoms with Crippen LogP contribution in [0.2, 0.25) is 0 Å². The van der Waals surface area contributed by atoms with Gasteiger partial charge in [0.05, 0.1) is 11.6 Å². The third-order valence-electron chi connectivity index (χ3n) is 3.07. The van der Waals surface area contributed by atoms with E-state index >= 15 is 0 Å². The molecule has 2 rings (SSSR count). The highest BCUT2D eigenvalue weighted by molar-refractivity contribution is 7.11. The van der Waals surface area contributed by atoms with Crippen molar-refractivity contribution in [1.29, 1.82) is 0 Å². The highest BCUT2D eigenvalue weighted by Gasteiger charge is 2.15. The number of hydrogen-bond donors (Lipinski definition) is 2. The molecule has 0 fully saturated rings. The lowest BCUT2D eigenvalue weighted by molar-refractivity contribution is 0.0698. The van der Waals surface area contributed by atoms with Crippen LogP contribution < -0.4 is 5.32 Å². The summed E-state index contributed by atoms with van der Waals surface area (Å²) < 4.78 is 0. The Kier molecular flexibility index (Phi) is 4.39. The molecule has 0 bridgehead atoms. The first-order chi connectivity index (χ1) is 9.51. The molecule has 106 valence electrons. The Morgan fingerprint density at radius 1 is 1.50 bits per heavy atom. The molecule has 0 spiro atoms. The third-order valence-corrected chi connectivity index (χ3v) is 4.39. The van der Waals surface area contributed by atoms with E-state index in [1.54, 1.807) is 23.5 Å². The molecule has 0 aliphatic heterocycles. The maximum Gasteiger partial charge on any atom is 0.337 e. The Morgan fingerprint density at radius 2 is 2.25 bits per heavy atom. The highest BCUT2D eigenvalue weighted by atomic mass is 32.1. The van der Waals surface area contributed by atoms with Gasteiger partial charge in [0.1, 0.15) is 5.01 Å². The van der Waals surface area contributed by atoms with Crippen molar-refractivity contribution in [3.05, 3.63) is 45.4 Å². The van der Waals surface area contributed by atoms with Gasteiger partial charge in [0.2, 0.25) is 0 Å². The van der Waals surface area contributed by atoms with Crippen LogP contribution in [0.4, 0.5) is 5.69 Å². The van der Waals surface area contributed by atoms with E-state index in [9.17, 15) is 9.90 Å². The SMILES string of the molecule is CCc1cnc(C(C)Nc2cc(C)ccc2C(=O)O)s1. The second-order valence-corrected chi connectivity index (χ2v) is 5.89. The Hall–Kier alpha value is -1.88. The predicted molar refractivity (Wildman–Crippen MR) is 81.7 cm³/mol. The molecule has 2 aromatic rings. The van der Waals surface area contributed by atoms with Crippen molar-refractivity contribution in [2.24, 2.45) is 0 Å². The summed E-state index contributed by atoms with van der Waals surface area (Å²) in [6.45, 7) is 6.03. The Morgan fingerprint density at radius 3 is 2.85 bits per heavy atom. The van der Waals surface area contributed by atoms with Crippen LogP contribution in [0.3, 0.4) is 0 Å². The quantitative estimate of drug-likeness (QED) is 0.877. The highest BCUT2D eigenvalue weighted by Crippen LogP contribution is 2.26. The minimum Gasteiger partial charge on any atom is -0.478 e. The zero-order valence-electron chi connectivity index (χ0n) is 11.8. The van der Waals surface area contributed by atoms with Crippen LogP contribution >= 0.6 is 11.3 Å². The lowest BCUT2D eigenvalue weighted by Crippen LogP contribution is -2.10. The summed E-state index contributed by atoms with van der Waals surface area (Å²) in [5.74, 6) is -0.923. The molecule has 0 saturated carbocycles. The number of carboxylic acids is 1. The average molecular weight is 290 g/mol. The van der Waals surface area contributed by atoms with Gasteiger partial charge in [-0.25, -0.2) is 9.78 Å². The van der Waals surface area contributed by atoms with E-state index in [1.165, 1.54) is 4.88 Å². The van der Waals surface area contributed by atoms with Gasteiger partial charge in [-0.3, -0.25) is 0 Å². The number of carbonyl (C=O) groups is 1. The second-order valence-electron chi connectivity index (χ2n) is 4.74. The van der Waals surface area contributed by atoms with Crippen molar-refractivity contribution < 1.29 is 9.90 Å². The number of hydrogen-bond acceptors (Lipinski definition) is 4. The van der Waals surface area contributed by atoms with E-state index < -0.39 is 5.97 Å². The van der Waals surface area contributed by atoms with Crippen LogP contribution in [0.1, 0.15) is 45.7 Å². The summed E-state index contributed by atoms with van der Waals surface area (Å²) in [6, 6.07) is 5.28. The molecule has 1 aromatic carbocycles. The molecule has 2 N–H and O–H groups in total. The fraction of sp³-hybridized carbons (Fsp3) is 0.333. The fourth-order valence-electron chi connectivity index (χ4n) is 1.95. The summed E-state index contributed by atoms with van der Waals surface area (Å²) in [5, 5.41) is 13.5. The number of carboxylic acid groups (broad SMARTS) is 1. The van der Waals surface area contributed by atoms with Gasteiger partial charge in [-0.05, 0) is 38.0 Å². The molecule has 4 nitrogen and oxygen atoms in total. The summed E-state index contributed by atoms with van der Waals surface area (Å²) in [5.41, 5.74) is 1.95. The summed E-state index contributed by atoms with van der Waals surface area (Å²) in [4.78, 5) is 16.9. The average Bonchev–Trinajstić information content (AvgIpc) is 2.87. The van der Waals surface area contributed by atoms with Crippen molar-refractivity contribution in [1.82, 2.24) is 4.98 Å². The van der Waals surface area contributed by atoms with Gasteiger partial charge < -0.3 is 10.4 Å². The van der Waals surface area contributed by atoms with Crippen molar-refractivity contribution in [3.8, 4) is 0 Å².